The van der Waals surface area contributed by atoms with Crippen molar-refractivity contribution in [2.75, 3.05) is 49.7 Å². The van der Waals surface area contributed by atoms with Crippen LogP contribution in [0.5, 0.6) is 0 Å². The van der Waals surface area contributed by atoms with Crippen LogP contribution in [-0.4, -0.2) is 51.8 Å². The highest BCUT2D eigenvalue weighted by molar-refractivity contribution is 5.82. The summed E-state index contributed by atoms with van der Waals surface area (Å²) >= 11 is 0. The Morgan fingerprint density at radius 1 is 1.17 bits per heavy atom. The monoisotopic (exact) mass is 390 g/mol. The number of anilines is 2. The number of ether oxygens (including phenoxy) is 1. The molecule has 2 unspecified atom stereocenters. The van der Waals surface area contributed by atoms with Gasteiger partial charge >= 0.3 is 0 Å². The van der Waals surface area contributed by atoms with E-state index in [1.54, 1.807) is 7.11 Å². The summed E-state index contributed by atoms with van der Waals surface area (Å²) in [6.07, 6.45) is 0.726. The van der Waals surface area contributed by atoms with Crippen molar-refractivity contribution in [3.8, 4) is 6.07 Å². The first-order valence-electron chi connectivity index (χ1n) is 10.1. The number of para-hydroxylation sites is 2. The van der Waals surface area contributed by atoms with Gasteiger partial charge in [-0.3, -0.25) is 4.79 Å². The first-order valence-corrected chi connectivity index (χ1v) is 10.1. The summed E-state index contributed by atoms with van der Waals surface area (Å²) in [6, 6.07) is 18.5. The lowest BCUT2D eigenvalue weighted by atomic mass is 9.83. The Morgan fingerprint density at radius 2 is 1.93 bits per heavy atom. The molecule has 2 heterocycles. The van der Waals surface area contributed by atoms with Gasteiger partial charge < -0.3 is 19.9 Å². The first-order chi connectivity index (χ1) is 14.2. The SMILES string of the molecule is COCCNC(=O)C1Cc2ccccc2N2CCN(c3ccccc3C#N)CC12. The van der Waals surface area contributed by atoms with E-state index in [0.29, 0.717) is 18.7 Å². The second kappa shape index (κ2) is 8.54. The van der Waals surface area contributed by atoms with Crippen molar-refractivity contribution in [3.63, 3.8) is 0 Å². The summed E-state index contributed by atoms with van der Waals surface area (Å²) in [7, 11) is 1.64. The standard InChI is InChI=1S/C23H26N4O2/c1-29-13-10-25-23(28)19-14-17-6-2-5-9-21(17)27-12-11-26(16-22(19)27)20-8-4-3-7-18(20)15-24/h2-9,19,22H,10-14,16H2,1H3,(H,25,28). The van der Waals surface area contributed by atoms with Crippen LogP contribution >= 0.6 is 0 Å². The number of amides is 1. The van der Waals surface area contributed by atoms with Gasteiger partial charge in [0, 0.05) is 39.0 Å². The molecule has 0 aliphatic carbocycles. The minimum atomic E-state index is -0.140. The number of nitriles is 1. The predicted octanol–water partition coefficient (Wildman–Crippen LogP) is 2.19. The van der Waals surface area contributed by atoms with Crippen molar-refractivity contribution >= 4 is 17.3 Å². The number of benzene rings is 2. The molecule has 0 bridgehead atoms. The van der Waals surface area contributed by atoms with E-state index in [9.17, 15) is 10.1 Å². The van der Waals surface area contributed by atoms with E-state index < -0.39 is 0 Å². The van der Waals surface area contributed by atoms with Gasteiger partial charge in [0.15, 0.2) is 0 Å². The minimum absolute atomic E-state index is 0.0629. The van der Waals surface area contributed by atoms with Crippen molar-refractivity contribution in [1.29, 1.82) is 5.26 Å². The largest absolute Gasteiger partial charge is 0.383 e. The van der Waals surface area contributed by atoms with Crippen molar-refractivity contribution in [3.05, 3.63) is 59.7 Å². The van der Waals surface area contributed by atoms with Crippen LogP contribution < -0.4 is 15.1 Å². The Labute approximate surface area is 171 Å². The smallest absolute Gasteiger partial charge is 0.225 e. The van der Waals surface area contributed by atoms with E-state index in [-0.39, 0.29) is 17.9 Å². The van der Waals surface area contributed by atoms with E-state index in [1.165, 1.54) is 11.3 Å². The average molecular weight is 390 g/mol. The molecule has 2 atom stereocenters. The molecule has 0 saturated carbocycles. The van der Waals surface area contributed by atoms with Crippen LogP contribution in [0.3, 0.4) is 0 Å². The van der Waals surface area contributed by atoms with Gasteiger partial charge in [-0.2, -0.15) is 5.26 Å². The molecule has 1 saturated heterocycles. The van der Waals surface area contributed by atoms with Crippen molar-refractivity contribution in [1.82, 2.24) is 5.32 Å². The number of fused-ring (bicyclic) bond motifs is 3. The molecule has 1 amide bonds. The van der Waals surface area contributed by atoms with Gasteiger partial charge in [-0.25, -0.2) is 0 Å². The number of hydrogen-bond donors (Lipinski definition) is 1. The number of carbonyl (C=O) groups is 1. The van der Waals surface area contributed by atoms with Gasteiger partial charge in [0.05, 0.1) is 29.8 Å². The van der Waals surface area contributed by atoms with E-state index in [0.717, 1.165) is 31.7 Å². The highest BCUT2D eigenvalue weighted by Crippen LogP contribution is 2.37. The zero-order valence-electron chi connectivity index (χ0n) is 16.7. The lowest BCUT2D eigenvalue weighted by Crippen LogP contribution is -2.61. The molecule has 2 aromatic carbocycles. The number of methoxy groups -OCH3 is 1. The van der Waals surface area contributed by atoms with Crippen molar-refractivity contribution in [2.45, 2.75) is 12.5 Å². The molecule has 1 fully saturated rings. The number of piperazine rings is 1. The summed E-state index contributed by atoms with van der Waals surface area (Å²) < 4.78 is 5.08. The Hall–Kier alpha value is -3.04. The van der Waals surface area contributed by atoms with Crippen LogP contribution in [0.1, 0.15) is 11.1 Å². The maximum atomic E-state index is 13.0. The third-order valence-corrected chi connectivity index (χ3v) is 5.93. The third kappa shape index (κ3) is 3.79. The van der Waals surface area contributed by atoms with Gasteiger partial charge in [0.25, 0.3) is 0 Å². The predicted molar refractivity (Wildman–Crippen MR) is 113 cm³/mol. The number of nitrogens with zero attached hydrogens (tertiary/aromatic N) is 3. The zero-order valence-corrected chi connectivity index (χ0v) is 16.7. The molecular formula is C23H26N4O2. The molecule has 2 aliphatic heterocycles. The molecular weight excluding hydrogens is 364 g/mol. The number of nitrogens with one attached hydrogen (secondary N) is 1. The maximum Gasteiger partial charge on any atom is 0.225 e. The molecule has 0 spiro atoms. The Kier molecular flexibility index (Phi) is 5.68. The van der Waals surface area contributed by atoms with E-state index in [2.05, 4.69) is 39.4 Å². The minimum Gasteiger partial charge on any atom is -0.383 e. The number of carbonyl (C=O) groups excluding carboxylic acids is 1. The maximum absolute atomic E-state index is 13.0. The Morgan fingerprint density at radius 3 is 2.72 bits per heavy atom. The summed E-state index contributed by atoms with van der Waals surface area (Å²) in [5.74, 6) is -0.0687. The summed E-state index contributed by atoms with van der Waals surface area (Å²) in [5.41, 5.74) is 4.08. The fourth-order valence-electron chi connectivity index (χ4n) is 4.53. The van der Waals surface area contributed by atoms with Crippen LogP contribution in [0.25, 0.3) is 0 Å². The molecule has 0 radical (unpaired) electrons. The summed E-state index contributed by atoms with van der Waals surface area (Å²) in [6.45, 7) is 3.38. The van der Waals surface area contributed by atoms with Crippen LogP contribution in [0, 0.1) is 17.2 Å². The fourth-order valence-corrected chi connectivity index (χ4v) is 4.53. The average Bonchev–Trinajstić information content (AvgIpc) is 2.78. The molecule has 4 rings (SSSR count). The Bertz CT molecular complexity index is 923. The van der Waals surface area contributed by atoms with Gasteiger partial charge in [-0.15, -0.1) is 0 Å². The molecule has 2 aliphatic rings. The van der Waals surface area contributed by atoms with Gasteiger partial charge in [-0.1, -0.05) is 30.3 Å². The second-order valence-corrected chi connectivity index (χ2v) is 7.56. The van der Waals surface area contributed by atoms with E-state index in [1.807, 2.05) is 30.3 Å². The topological polar surface area (TPSA) is 68.6 Å². The normalized spacial score (nSPS) is 20.4. The van der Waals surface area contributed by atoms with Crippen LogP contribution in [0.4, 0.5) is 11.4 Å². The molecule has 0 aromatic heterocycles. The van der Waals surface area contributed by atoms with Crippen LogP contribution in [0.15, 0.2) is 48.5 Å². The van der Waals surface area contributed by atoms with E-state index >= 15 is 0 Å². The lowest BCUT2D eigenvalue weighted by molar-refractivity contribution is -0.126. The molecule has 6 heteroatoms. The Balaban J connectivity index is 1.63. The van der Waals surface area contributed by atoms with Crippen molar-refractivity contribution in [2.24, 2.45) is 5.92 Å². The van der Waals surface area contributed by atoms with Crippen LogP contribution in [0.2, 0.25) is 0 Å². The summed E-state index contributed by atoms with van der Waals surface area (Å²) in [4.78, 5) is 17.7. The number of rotatable bonds is 5. The number of hydrogen-bond acceptors (Lipinski definition) is 5. The molecule has 1 N–H and O–H groups in total. The zero-order chi connectivity index (χ0) is 20.2. The third-order valence-electron chi connectivity index (χ3n) is 5.93. The lowest BCUT2D eigenvalue weighted by Gasteiger charge is -2.49. The van der Waals surface area contributed by atoms with Crippen molar-refractivity contribution < 1.29 is 9.53 Å². The van der Waals surface area contributed by atoms with Gasteiger partial charge in [-0.05, 0) is 30.2 Å². The molecule has 2 aromatic rings. The summed E-state index contributed by atoms with van der Waals surface area (Å²) in [5, 5.41) is 12.5. The van der Waals surface area contributed by atoms with Gasteiger partial charge in [0.2, 0.25) is 5.91 Å². The van der Waals surface area contributed by atoms with Gasteiger partial charge in [0.1, 0.15) is 6.07 Å². The molecule has 29 heavy (non-hydrogen) atoms. The highest BCUT2D eigenvalue weighted by Gasteiger charge is 2.41. The molecule has 6 nitrogen and oxygen atoms in total. The quantitative estimate of drug-likeness (QED) is 0.793. The van der Waals surface area contributed by atoms with Crippen LogP contribution in [-0.2, 0) is 16.0 Å². The second-order valence-electron chi connectivity index (χ2n) is 7.56. The fraction of sp³-hybridized carbons (Fsp3) is 0.391. The van der Waals surface area contributed by atoms with E-state index in [4.69, 9.17) is 4.74 Å². The highest BCUT2D eigenvalue weighted by atomic mass is 16.5. The molecule has 150 valence electrons. The first kappa shape index (κ1) is 19.3.